The van der Waals surface area contributed by atoms with Crippen molar-refractivity contribution in [2.24, 2.45) is 22.6 Å². The Morgan fingerprint density at radius 3 is 2.55 bits per heavy atom. The summed E-state index contributed by atoms with van der Waals surface area (Å²) in [5, 5.41) is 25.3. The molecule has 0 bridgehead atoms. The van der Waals surface area contributed by atoms with Gasteiger partial charge in [-0.15, -0.1) is 0 Å². The van der Waals surface area contributed by atoms with Crippen LogP contribution >= 0.6 is 0 Å². The third-order valence-corrected chi connectivity index (χ3v) is 4.98. The molecule has 0 radical (unpaired) electrons. The molecule has 0 aliphatic carbocycles. The average molecular weight is 454 g/mol. The van der Waals surface area contributed by atoms with Gasteiger partial charge in [-0.2, -0.15) is 0 Å². The van der Waals surface area contributed by atoms with Gasteiger partial charge < -0.3 is 36.6 Å². The monoisotopic (exact) mass is 453 g/mol. The highest BCUT2D eigenvalue weighted by Crippen LogP contribution is 2.21. The Kier molecular flexibility index (Phi) is 10.3. The number of allylic oxidation sites excluding steroid dienone is 6. The molecule has 2 heterocycles. The van der Waals surface area contributed by atoms with Gasteiger partial charge in [0.25, 0.3) is 0 Å². The fourth-order valence-corrected chi connectivity index (χ4v) is 3.20. The zero-order valence-corrected chi connectivity index (χ0v) is 19.7. The molecule has 0 saturated heterocycles. The van der Waals surface area contributed by atoms with Gasteiger partial charge in [0, 0.05) is 62.7 Å². The Bertz CT molecular complexity index is 930. The van der Waals surface area contributed by atoms with E-state index in [1.165, 1.54) is 12.4 Å². The molecule has 2 aliphatic heterocycles. The largest absolute Gasteiger partial charge is 0.404 e. The number of hydrogen-bond acceptors (Lipinski definition) is 8. The first-order valence-electron chi connectivity index (χ1n) is 10.8. The summed E-state index contributed by atoms with van der Waals surface area (Å²) in [5.74, 6) is 1.21. The van der Waals surface area contributed by atoms with Gasteiger partial charge in [-0.25, -0.2) is 0 Å². The Morgan fingerprint density at radius 1 is 1.21 bits per heavy atom. The van der Waals surface area contributed by atoms with Gasteiger partial charge in [-0.3, -0.25) is 10.4 Å². The van der Waals surface area contributed by atoms with Gasteiger partial charge in [-0.1, -0.05) is 13.8 Å². The van der Waals surface area contributed by atoms with Crippen molar-refractivity contribution in [1.29, 1.82) is 10.8 Å². The first kappa shape index (κ1) is 25.8. The van der Waals surface area contributed by atoms with E-state index in [1.54, 1.807) is 26.5 Å². The summed E-state index contributed by atoms with van der Waals surface area (Å²) >= 11 is 0. The quantitative estimate of drug-likeness (QED) is 0.198. The maximum absolute atomic E-state index is 8.19. The number of dihydropyridines is 2. The van der Waals surface area contributed by atoms with E-state index < -0.39 is 0 Å². The smallest absolute Gasteiger partial charge is 0.123 e. The summed E-state index contributed by atoms with van der Waals surface area (Å²) in [7, 11) is 3.33. The summed E-state index contributed by atoms with van der Waals surface area (Å²) in [5.41, 5.74) is 10.0. The highest BCUT2D eigenvalue weighted by molar-refractivity contribution is 5.97. The average Bonchev–Trinajstić information content (AvgIpc) is 2.80. The van der Waals surface area contributed by atoms with E-state index in [0.29, 0.717) is 25.6 Å². The number of nitrogens with zero attached hydrogens (tertiary/aromatic N) is 1. The zero-order valence-electron chi connectivity index (χ0n) is 19.7. The fraction of sp³-hybridized carbons (Fsp3) is 0.375. The molecular formula is C24H35N7O2. The van der Waals surface area contributed by atoms with E-state index >= 15 is 0 Å². The second-order valence-electron chi connectivity index (χ2n) is 7.96. The lowest BCUT2D eigenvalue weighted by molar-refractivity contribution is 0.0889. The lowest BCUT2D eigenvalue weighted by Crippen LogP contribution is -2.34. The number of nitrogens with one attached hydrogen (secondary N) is 5. The second kappa shape index (κ2) is 13.2. The third-order valence-electron chi connectivity index (χ3n) is 4.98. The van der Waals surface area contributed by atoms with Crippen LogP contribution in [0.15, 0.2) is 75.6 Å². The van der Waals surface area contributed by atoms with Crippen LogP contribution < -0.4 is 21.7 Å². The van der Waals surface area contributed by atoms with Crippen molar-refractivity contribution in [3.63, 3.8) is 0 Å². The molecule has 0 aromatic carbocycles. The fourth-order valence-electron chi connectivity index (χ4n) is 3.20. The van der Waals surface area contributed by atoms with E-state index in [4.69, 9.17) is 26.0 Å². The van der Waals surface area contributed by atoms with E-state index in [2.05, 4.69) is 20.9 Å². The molecule has 0 amide bonds. The molecule has 0 unspecified atom stereocenters. The highest BCUT2D eigenvalue weighted by Gasteiger charge is 2.17. The van der Waals surface area contributed by atoms with Crippen molar-refractivity contribution < 1.29 is 9.47 Å². The number of fused-ring (bicyclic) bond motifs is 1. The first-order valence-corrected chi connectivity index (χ1v) is 10.8. The van der Waals surface area contributed by atoms with Crippen molar-refractivity contribution in [3.8, 4) is 0 Å². The maximum Gasteiger partial charge on any atom is 0.123 e. The van der Waals surface area contributed by atoms with Crippen molar-refractivity contribution in [2.75, 3.05) is 34.0 Å². The Morgan fingerprint density at radius 2 is 1.94 bits per heavy atom. The van der Waals surface area contributed by atoms with Crippen LogP contribution in [0.1, 0.15) is 13.8 Å². The van der Waals surface area contributed by atoms with Crippen LogP contribution in [0.25, 0.3) is 0 Å². The zero-order chi connectivity index (χ0) is 24.2. The minimum Gasteiger partial charge on any atom is -0.404 e. The lowest BCUT2D eigenvalue weighted by Gasteiger charge is -2.25. The number of amidine groups is 1. The van der Waals surface area contributed by atoms with E-state index in [9.17, 15) is 0 Å². The molecule has 33 heavy (non-hydrogen) atoms. The molecule has 9 heteroatoms. The normalized spacial score (nSPS) is 16.4. The van der Waals surface area contributed by atoms with Crippen LogP contribution in [0, 0.1) is 22.7 Å². The van der Waals surface area contributed by atoms with Crippen molar-refractivity contribution >= 4 is 18.3 Å². The van der Waals surface area contributed by atoms with Crippen LogP contribution in [0.5, 0.6) is 0 Å². The first-order chi connectivity index (χ1) is 15.9. The highest BCUT2D eigenvalue weighted by atomic mass is 16.5. The molecule has 0 atom stereocenters. The molecule has 0 saturated carbocycles. The molecule has 178 valence electrons. The summed E-state index contributed by atoms with van der Waals surface area (Å²) in [6.07, 6.45) is 13.8. The molecule has 2 rings (SSSR count). The van der Waals surface area contributed by atoms with Crippen LogP contribution in [0.4, 0.5) is 0 Å². The molecule has 0 spiro atoms. The van der Waals surface area contributed by atoms with Crippen LogP contribution in [-0.4, -0.2) is 52.2 Å². The van der Waals surface area contributed by atoms with Crippen LogP contribution in [-0.2, 0) is 9.47 Å². The minimum absolute atomic E-state index is 0.171. The standard InChI is InChI=1S/C24H35N7O2/c1-16(2)18(9-25)8-23(27)31-24-6-5-21-22(30-24)7-19(13-29-21)20(10-26)12-28-11-17(14-32-3)15-33-4/h5-10,12-13,16-17,25,29-30H,11,14-15,26H2,1-4H3,(H2,27,31). The van der Waals surface area contributed by atoms with Crippen LogP contribution in [0.3, 0.4) is 0 Å². The van der Waals surface area contributed by atoms with Gasteiger partial charge >= 0.3 is 0 Å². The number of rotatable bonds is 12. The molecular weight excluding hydrogens is 418 g/mol. The summed E-state index contributed by atoms with van der Waals surface area (Å²) in [4.78, 5) is 4.52. The lowest BCUT2D eigenvalue weighted by atomic mass is 10.0. The minimum atomic E-state index is 0.171. The molecule has 7 N–H and O–H groups in total. The summed E-state index contributed by atoms with van der Waals surface area (Å²) in [6, 6.07) is 0. The number of hydrogen-bond donors (Lipinski definition) is 6. The summed E-state index contributed by atoms with van der Waals surface area (Å²) in [6.45, 7) is 5.70. The third kappa shape index (κ3) is 7.89. The van der Waals surface area contributed by atoms with E-state index in [0.717, 1.165) is 28.1 Å². The Labute approximate surface area is 195 Å². The molecule has 0 fully saturated rings. The van der Waals surface area contributed by atoms with Crippen molar-refractivity contribution in [3.05, 3.63) is 70.6 Å². The number of methoxy groups -OCH3 is 2. The number of aliphatic imine (C=N–C) groups is 1. The second-order valence-corrected chi connectivity index (χ2v) is 7.96. The number of ether oxygens (including phenoxy) is 2. The van der Waals surface area contributed by atoms with E-state index in [1.807, 2.05) is 38.3 Å². The molecule has 0 aromatic rings. The van der Waals surface area contributed by atoms with Gasteiger partial charge in [-0.05, 0) is 35.8 Å². The van der Waals surface area contributed by atoms with Crippen molar-refractivity contribution in [2.45, 2.75) is 13.8 Å². The van der Waals surface area contributed by atoms with Crippen LogP contribution in [0.2, 0.25) is 0 Å². The SMILES string of the molecule is COCC(CN=CC(=CN)C1=CNC2=CC=C(NC(=N)C=C(C=N)C(C)C)NC2=C1)COC. The van der Waals surface area contributed by atoms with Gasteiger partial charge in [0.05, 0.1) is 24.6 Å². The molecule has 0 aromatic heterocycles. The predicted molar refractivity (Wildman–Crippen MR) is 134 cm³/mol. The van der Waals surface area contributed by atoms with Gasteiger partial charge in [0.1, 0.15) is 11.7 Å². The molecule has 2 aliphatic rings. The Hall–Kier alpha value is -3.43. The number of nitrogens with two attached hydrogens (primary N) is 1. The van der Waals surface area contributed by atoms with Gasteiger partial charge in [0.15, 0.2) is 0 Å². The topological polar surface area (TPSA) is 141 Å². The van der Waals surface area contributed by atoms with Crippen molar-refractivity contribution in [1.82, 2.24) is 16.0 Å². The van der Waals surface area contributed by atoms with E-state index in [-0.39, 0.29) is 17.7 Å². The molecule has 9 nitrogen and oxygen atoms in total. The summed E-state index contributed by atoms with van der Waals surface area (Å²) < 4.78 is 10.4. The van der Waals surface area contributed by atoms with Gasteiger partial charge in [0.2, 0.25) is 0 Å². The Balaban J connectivity index is 2.06. The maximum atomic E-state index is 8.19. The predicted octanol–water partition coefficient (Wildman–Crippen LogP) is 2.31.